The van der Waals surface area contributed by atoms with Gasteiger partial charge < -0.3 is 24.7 Å². The second-order valence-electron chi connectivity index (χ2n) is 11.8. The van der Waals surface area contributed by atoms with Crippen molar-refractivity contribution in [2.75, 3.05) is 54.0 Å². The van der Waals surface area contributed by atoms with Gasteiger partial charge in [0.05, 0.1) is 16.6 Å². The summed E-state index contributed by atoms with van der Waals surface area (Å²) in [6, 6.07) is 16.6. The molecule has 3 aliphatic heterocycles. The molecule has 240 valence electrons. The lowest BCUT2D eigenvalue weighted by Crippen LogP contribution is -2.56. The number of hydrogen-bond acceptors (Lipinski definition) is 6. The lowest BCUT2D eigenvalue weighted by molar-refractivity contribution is -0.139. The summed E-state index contributed by atoms with van der Waals surface area (Å²) in [5.41, 5.74) is 2.55. The fourth-order valence-corrected chi connectivity index (χ4v) is 11.0. The van der Waals surface area contributed by atoms with Crippen molar-refractivity contribution in [3.05, 3.63) is 79.9 Å². The number of fused-ring (bicyclic) bond motifs is 1. The number of aliphatic hydroxyl groups is 1. The van der Waals surface area contributed by atoms with Crippen molar-refractivity contribution in [1.82, 2.24) is 4.90 Å². The van der Waals surface area contributed by atoms with E-state index in [0.717, 1.165) is 30.2 Å². The first kappa shape index (κ1) is 33.3. The van der Waals surface area contributed by atoms with Crippen LogP contribution in [0.5, 0.6) is 0 Å². The molecule has 0 radical (unpaired) electrons. The number of thioether (sulfide) groups is 1. The zero-order valence-corrected chi connectivity index (χ0v) is 28.5. The summed E-state index contributed by atoms with van der Waals surface area (Å²) in [4.78, 5) is 51.0. The Labute approximate surface area is 279 Å². The highest BCUT2D eigenvalue weighted by Gasteiger charge is 2.76. The van der Waals surface area contributed by atoms with Gasteiger partial charge in [-0.05, 0) is 63.1 Å². The number of alkyl halides is 1. The van der Waals surface area contributed by atoms with Crippen LogP contribution < -0.4 is 14.7 Å². The summed E-state index contributed by atoms with van der Waals surface area (Å²) in [5, 5.41) is 9.59. The Morgan fingerprint density at radius 1 is 0.978 bits per heavy atom. The van der Waals surface area contributed by atoms with Gasteiger partial charge in [-0.25, -0.2) is 0 Å². The fourth-order valence-electron chi connectivity index (χ4n) is 7.44. The van der Waals surface area contributed by atoms with Crippen molar-refractivity contribution in [3.8, 4) is 0 Å². The van der Waals surface area contributed by atoms with Crippen molar-refractivity contribution in [3.63, 3.8) is 0 Å². The molecular weight excluding hydrogens is 652 g/mol. The quantitative estimate of drug-likeness (QED) is 0.219. The average Bonchev–Trinajstić information content (AvgIpc) is 3.65. The first-order valence-corrected chi connectivity index (χ1v) is 17.5. The van der Waals surface area contributed by atoms with Crippen molar-refractivity contribution in [1.29, 1.82) is 0 Å². The molecule has 3 amide bonds. The van der Waals surface area contributed by atoms with Crippen LogP contribution in [-0.4, -0.2) is 87.9 Å². The van der Waals surface area contributed by atoms with Crippen LogP contribution in [0.2, 0.25) is 0 Å². The van der Waals surface area contributed by atoms with E-state index in [9.17, 15) is 19.5 Å². The molecule has 0 saturated carbocycles. The Morgan fingerprint density at radius 3 is 2.13 bits per heavy atom. The second kappa shape index (κ2) is 14.1. The first-order valence-electron chi connectivity index (χ1n) is 15.8. The summed E-state index contributed by atoms with van der Waals surface area (Å²) < 4.78 is -0.792. The van der Waals surface area contributed by atoms with Crippen LogP contribution in [0, 0.1) is 11.8 Å². The normalized spacial score (nSPS) is 26.4. The van der Waals surface area contributed by atoms with Crippen LogP contribution in [-0.2, 0) is 14.4 Å². The van der Waals surface area contributed by atoms with Gasteiger partial charge in [-0.15, -0.1) is 24.9 Å². The van der Waals surface area contributed by atoms with Gasteiger partial charge in [-0.3, -0.25) is 14.4 Å². The number of aliphatic hydroxyl groups excluding tert-OH is 1. The molecule has 3 aliphatic rings. The summed E-state index contributed by atoms with van der Waals surface area (Å²) in [5.74, 6) is -1.78. The van der Waals surface area contributed by atoms with Crippen LogP contribution in [0.4, 0.5) is 17.1 Å². The first-order chi connectivity index (χ1) is 21.8. The number of carbonyl (C=O) groups is 3. The number of likely N-dealkylation sites (tertiary alicyclic amines) is 1. The summed E-state index contributed by atoms with van der Waals surface area (Å²) in [6.45, 7) is 14.5. The van der Waals surface area contributed by atoms with Crippen molar-refractivity contribution >= 4 is 62.5 Å². The van der Waals surface area contributed by atoms with Crippen LogP contribution in [0.15, 0.2) is 79.9 Å². The minimum atomic E-state index is -0.792. The number of hydrogen-bond donors (Lipinski definition) is 1. The minimum absolute atomic E-state index is 0.0452. The molecule has 1 spiro atoms. The van der Waals surface area contributed by atoms with E-state index in [1.807, 2.05) is 54.6 Å². The SMILES string of the molecule is C=CCN(C(=O)C1N(CCCO)C(=O)[C@@H]2[C@@H](C(=O)N(CC=C)c3ccccc3)[C@@H]3SC12CC3Br)c1ccc(N(CC)CC)cc1. The van der Waals surface area contributed by atoms with E-state index in [0.29, 0.717) is 19.4 Å². The van der Waals surface area contributed by atoms with Gasteiger partial charge in [0.2, 0.25) is 11.8 Å². The number of rotatable bonds is 14. The number of carbonyl (C=O) groups excluding carboxylic acids is 3. The molecule has 3 unspecified atom stereocenters. The highest BCUT2D eigenvalue weighted by atomic mass is 79.9. The molecule has 0 aromatic heterocycles. The Morgan fingerprint density at radius 2 is 1.56 bits per heavy atom. The maximum atomic E-state index is 14.8. The third kappa shape index (κ3) is 5.85. The van der Waals surface area contributed by atoms with E-state index in [1.165, 1.54) is 0 Å². The minimum Gasteiger partial charge on any atom is -0.396 e. The maximum Gasteiger partial charge on any atom is 0.251 e. The van der Waals surface area contributed by atoms with Gasteiger partial charge in [0.25, 0.3) is 5.91 Å². The lowest BCUT2D eigenvalue weighted by Gasteiger charge is -2.38. The van der Waals surface area contributed by atoms with Crippen LogP contribution in [0.25, 0.3) is 0 Å². The summed E-state index contributed by atoms with van der Waals surface area (Å²) in [6.07, 6.45) is 4.33. The molecule has 45 heavy (non-hydrogen) atoms. The molecule has 0 aliphatic carbocycles. The number of benzene rings is 2. The third-order valence-corrected chi connectivity index (χ3v) is 12.6. The van der Waals surface area contributed by atoms with Gasteiger partial charge in [0.1, 0.15) is 6.04 Å². The van der Waals surface area contributed by atoms with Crippen molar-refractivity contribution in [2.45, 2.75) is 47.6 Å². The molecule has 3 saturated heterocycles. The molecule has 3 fully saturated rings. The molecule has 6 atom stereocenters. The highest BCUT2D eigenvalue weighted by molar-refractivity contribution is 9.09. The molecule has 3 heterocycles. The number of para-hydroxylation sites is 1. The van der Waals surface area contributed by atoms with Gasteiger partial charge in [-0.2, -0.15) is 0 Å². The predicted octanol–water partition coefficient (Wildman–Crippen LogP) is 5.12. The molecule has 10 heteroatoms. The Hall–Kier alpha value is -3.08. The molecule has 2 aromatic rings. The lowest BCUT2D eigenvalue weighted by atomic mass is 9.70. The average molecular weight is 696 g/mol. The van der Waals surface area contributed by atoms with Gasteiger partial charge >= 0.3 is 0 Å². The van der Waals surface area contributed by atoms with E-state index in [1.54, 1.807) is 38.6 Å². The van der Waals surface area contributed by atoms with E-state index < -0.39 is 22.6 Å². The van der Waals surface area contributed by atoms with Crippen LogP contribution >= 0.6 is 27.7 Å². The fraction of sp³-hybridized carbons (Fsp3) is 0.457. The van der Waals surface area contributed by atoms with E-state index in [-0.39, 0.29) is 47.5 Å². The standard InChI is InChI=1S/C35H43BrN4O4S/c1-5-19-38(25-13-10-9-11-14-25)32(42)28-29-33(43)40(21-12-22-41)31(35(29)23-27(36)30(28)45-35)34(44)39(20-6-2)26-17-15-24(16-18-26)37(7-3)8-4/h5-6,9-11,13-18,27-31,41H,1-2,7-8,12,19-23H2,3-4H3/t27?,28-,29+,30-,31?,35?/m1/s1. The van der Waals surface area contributed by atoms with Crippen LogP contribution in [0.3, 0.4) is 0 Å². The zero-order chi connectivity index (χ0) is 32.3. The number of anilines is 3. The van der Waals surface area contributed by atoms with Gasteiger partial charge in [0.15, 0.2) is 0 Å². The van der Waals surface area contributed by atoms with E-state index in [2.05, 4.69) is 47.8 Å². The molecule has 1 N–H and O–H groups in total. The number of nitrogens with zero attached hydrogens (tertiary/aromatic N) is 4. The van der Waals surface area contributed by atoms with E-state index in [4.69, 9.17) is 0 Å². The van der Waals surface area contributed by atoms with Crippen molar-refractivity contribution < 1.29 is 19.5 Å². The van der Waals surface area contributed by atoms with Crippen molar-refractivity contribution in [2.24, 2.45) is 11.8 Å². The highest BCUT2D eigenvalue weighted by Crippen LogP contribution is 2.68. The van der Waals surface area contributed by atoms with Crippen LogP contribution in [0.1, 0.15) is 26.7 Å². The van der Waals surface area contributed by atoms with E-state index >= 15 is 0 Å². The monoisotopic (exact) mass is 694 g/mol. The zero-order valence-electron chi connectivity index (χ0n) is 26.1. The largest absolute Gasteiger partial charge is 0.396 e. The molecule has 2 bridgehead atoms. The molecule has 2 aromatic carbocycles. The third-order valence-electron chi connectivity index (χ3n) is 9.38. The smallest absolute Gasteiger partial charge is 0.251 e. The Bertz CT molecular complexity index is 1400. The molecular formula is C35H43BrN4O4S. The second-order valence-corrected chi connectivity index (χ2v) is 14.5. The molecule has 8 nitrogen and oxygen atoms in total. The number of amides is 3. The number of halogens is 1. The Kier molecular flexibility index (Phi) is 10.5. The maximum absolute atomic E-state index is 14.8. The molecule has 5 rings (SSSR count). The van der Waals surface area contributed by atoms with Gasteiger partial charge in [0, 0.05) is 66.5 Å². The predicted molar refractivity (Wildman–Crippen MR) is 187 cm³/mol. The summed E-state index contributed by atoms with van der Waals surface area (Å²) in [7, 11) is 0. The van der Waals surface area contributed by atoms with Gasteiger partial charge in [-0.1, -0.05) is 46.3 Å². The summed E-state index contributed by atoms with van der Waals surface area (Å²) >= 11 is 5.49. The topological polar surface area (TPSA) is 84.4 Å². The Balaban J connectivity index is 1.55.